The number of aromatic amines is 1. The minimum Gasteiger partial charge on any atom is -0.507 e. The molecule has 0 amide bonds. The van der Waals surface area contributed by atoms with E-state index in [1.165, 1.54) is 0 Å². The molecule has 2 N–H and O–H groups in total. The van der Waals surface area contributed by atoms with E-state index in [1.807, 2.05) is 6.92 Å². The molecule has 0 aliphatic heterocycles. The number of rotatable bonds is 4. The van der Waals surface area contributed by atoms with Gasteiger partial charge in [-0.3, -0.25) is 25.0 Å². The molecule has 3 rings (SSSR count). The molecule has 1 aromatic heterocycles. The van der Waals surface area contributed by atoms with Gasteiger partial charge in [0.2, 0.25) is 0 Å². The molecule has 2 aromatic carbocycles. The Labute approximate surface area is 150 Å². The molecule has 27 heavy (non-hydrogen) atoms. The molecule has 0 bridgehead atoms. The van der Waals surface area contributed by atoms with Gasteiger partial charge in [-0.05, 0) is 6.92 Å². The topological polar surface area (TPSA) is 152 Å². The van der Waals surface area contributed by atoms with Crippen LogP contribution < -0.4 is 5.56 Å². The Morgan fingerprint density at radius 2 is 1.70 bits per heavy atom. The van der Waals surface area contributed by atoms with Gasteiger partial charge in [0.05, 0.1) is 26.9 Å². The third kappa shape index (κ3) is 3.49. The molecule has 0 saturated carbocycles. The molecule has 0 fully saturated rings. The van der Waals surface area contributed by atoms with Crippen molar-refractivity contribution < 1.29 is 15.0 Å². The number of hydrogen-bond acceptors (Lipinski definition) is 7. The summed E-state index contributed by atoms with van der Waals surface area (Å²) in [7, 11) is 0. The van der Waals surface area contributed by atoms with Gasteiger partial charge in [-0.25, -0.2) is 4.98 Å². The maximum atomic E-state index is 12.2. The summed E-state index contributed by atoms with van der Waals surface area (Å²) in [4.78, 5) is 38.8. The second-order valence-electron chi connectivity index (χ2n) is 5.72. The fourth-order valence-corrected chi connectivity index (χ4v) is 2.45. The molecule has 10 nitrogen and oxygen atoms in total. The average molecular weight is 368 g/mol. The Morgan fingerprint density at radius 1 is 1.11 bits per heavy atom. The fraction of sp³-hybridized carbons (Fsp3) is 0.0588. The minimum atomic E-state index is -0.910. The van der Waals surface area contributed by atoms with Crippen LogP contribution in [-0.2, 0) is 0 Å². The van der Waals surface area contributed by atoms with Crippen molar-refractivity contribution >= 4 is 34.2 Å². The number of nitro groups is 2. The summed E-state index contributed by atoms with van der Waals surface area (Å²) in [5.74, 6) is -0.219. The van der Waals surface area contributed by atoms with E-state index in [9.17, 15) is 30.1 Å². The zero-order valence-electron chi connectivity index (χ0n) is 13.9. The van der Waals surface area contributed by atoms with Crippen molar-refractivity contribution in [3.8, 4) is 0 Å². The first kappa shape index (κ1) is 17.7. The van der Waals surface area contributed by atoms with Crippen molar-refractivity contribution in [2.75, 3.05) is 0 Å². The molecule has 0 aliphatic carbocycles. The standard InChI is InChI=1S/C17H12N4O6/c1-9-2-4-10(5-3-9)16(22)8-13-17(23)19-12-7-15(21(26)27)14(20(24)25)6-11(12)18-13/h2-8,22H,1H3,(H,19,23). The van der Waals surface area contributed by atoms with Crippen LogP contribution in [0.3, 0.4) is 0 Å². The van der Waals surface area contributed by atoms with Crippen molar-refractivity contribution in [2.45, 2.75) is 6.92 Å². The van der Waals surface area contributed by atoms with Gasteiger partial charge >= 0.3 is 11.4 Å². The molecule has 0 aliphatic rings. The highest BCUT2D eigenvalue weighted by Gasteiger charge is 2.25. The smallest absolute Gasteiger partial charge is 0.348 e. The maximum Gasteiger partial charge on any atom is 0.348 e. The van der Waals surface area contributed by atoms with E-state index in [1.54, 1.807) is 24.3 Å². The highest BCUT2D eigenvalue weighted by atomic mass is 16.6. The summed E-state index contributed by atoms with van der Waals surface area (Å²) < 4.78 is 0. The quantitative estimate of drug-likeness (QED) is 0.407. The van der Waals surface area contributed by atoms with E-state index in [2.05, 4.69) is 9.97 Å². The Morgan fingerprint density at radius 3 is 2.30 bits per heavy atom. The summed E-state index contributed by atoms with van der Waals surface area (Å²) in [5, 5.41) is 32.2. The van der Waals surface area contributed by atoms with Crippen LogP contribution in [0, 0.1) is 27.2 Å². The van der Waals surface area contributed by atoms with E-state index in [-0.39, 0.29) is 22.5 Å². The van der Waals surface area contributed by atoms with Gasteiger partial charge in [0, 0.05) is 17.7 Å². The molecule has 3 aromatic rings. The number of aryl methyl sites for hydroxylation is 1. The van der Waals surface area contributed by atoms with E-state index in [0.717, 1.165) is 23.8 Å². The number of aliphatic hydroxyl groups is 1. The molecule has 0 unspecified atom stereocenters. The number of fused-ring (bicyclic) bond motifs is 1. The lowest BCUT2D eigenvalue weighted by molar-refractivity contribution is -0.422. The first-order valence-electron chi connectivity index (χ1n) is 7.61. The van der Waals surface area contributed by atoms with E-state index in [4.69, 9.17) is 0 Å². The van der Waals surface area contributed by atoms with Crippen LogP contribution >= 0.6 is 0 Å². The second-order valence-corrected chi connectivity index (χ2v) is 5.72. The number of benzene rings is 2. The van der Waals surface area contributed by atoms with Crippen LogP contribution in [0.25, 0.3) is 22.9 Å². The number of hydrogen-bond donors (Lipinski definition) is 2. The van der Waals surface area contributed by atoms with Crippen molar-refractivity contribution in [1.29, 1.82) is 0 Å². The Hall–Kier alpha value is -4.08. The van der Waals surface area contributed by atoms with Crippen molar-refractivity contribution in [2.24, 2.45) is 0 Å². The zero-order valence-corrected chi connectivity index (χ0v) is 13.9. The summed E-state index contributed by atoms with van der Waals surface area (Å²) >= 11 is 0. The van der Waals surface area contributed by atoms with E-state index < -0.39 is 26.8 Å². The molecule has 0 saturated heterocycles. The molecular weight excluding hydrogens is 356 g/mol. The van der Waals surface area contributed by atoms with Crippen LogP contribution in [0.5, 0.6) is 0 Å². The zero-order chi connectivity index (χ0) is 19.7. The second kappa shape index (κ2) is 6.67. The number of aliphatic hydroxyl groups excluding tert-OH is 1. The number of aromatic nitrogens is 2. The number of nitrogens with zero attached hydrogens (tertiary/aromatic N) is 3. The van der Waals surface area contributed by atoms with Crippen LogP contribution in [0.2, 0.25) is 0 Å². The monoisotopic (exact) mass is 368 g/mol. The number of nitro benzene ring substituents is 2. The van der Waals surface area contributed by atoms with Crippen LogP contribution in [-0.4, -0.2) is 24.9 Å². The molecule has 1 heterocycles. The lowest BCUT2D eigenvalue weighted by Crippen LogP contribution is -2.12. The van der Waals surface area contributed by atoms with Gasteiger partial charge in [0.1, 0.15) is 11.5 Å². The number of nitrogens with one attached hydrogen (secondary N) is 1. The van der Waals surface area contributed by atoms with E-state index >= 15 is 0 Å². The largest absolute Gasteiger partial charge is 0.507 e. The Balaban J connectivity index is 2.16. The van der Waals surface area contributed by atoms with Crippen LogP contribution in [0.1, 0.15) is 16.8 Å². The van der Waals surface area contributed by atoms with Gasteiger partial charge in [0.25, 0.3) is 5.56 Å². The molecule has 0 spiro atoms. The maximum absolute atomic E-state index is 12.2. The summed E-state index contributed by atoms with van der Waals surface area (Å²) in [6, 6.07) is 8.66. The number of H-pyrrole nitrogens is 1. The SMILES string of the molecule is Cc1ccc(C(O)=Cc2nc3cc([N+](=O)[O-])c([N+](=O)[O-])cc3[nH]c2=O)cc1. The average Bonchev–Trinajstić information content (AvgIpc) is 2.61. The minimum absolute atomic E-state index is 0.0187. The van der Waals surface area contributed by atoms with E-state index in [0.29, 0.717) is 5.56 Å². The first-order valence-corrected chi connectivity index (χ1v) is 7.61. The van der Waals surface area contributed by atoms with Crippen molar-refractivity contribution in [1.82, 2.24) is 9.97 Å². The van der Waals surface area contributed by atoms with Gasteiger partial charge < -0.3 is 10.1 Å². The third-order valence-electron chi connectivity index (χ3n) is 3.83. The molecular formula is C17H12N4O6. The lowest BCUT2D eigenvalue weighted by atomic mass is 10.1. The molecule has 0 radical (unpaired) electrons. The Kier molecular flexibility index (Phi) is 4.38. The summed E-state index contributed by atoms with van der Waals surface area (Å²) in [6.07, 6.45) is 1.12. The third-order valence-corrected chi connectivity index (χ3v) is 3.83. The van der Waals surface area contributed by atoms with Crippen molar-refractivity contribution in [3.05, 3.63) is 83.8 Å². The molecule has 136 valence electrons. The van der Waals surface area contributed by atoms with Gasteiger partial charge in [-0.15, -0.1) is 0 Å². The predicted molar refractivity (Wildman–Crippen MR) is 97.4 cm³/mol. The molecule has 10 heteroatoms. The van der Waals surface area contributed by atoms with Gasteiger partial charge in [-0.2, -0.15) is 0 Å². The normalized spacial score (nSPS) is 11.5. The van der Waals surface area contributed by atoms with Gasteiger partial charge in [0.15, 0.2) is 0 Å². The summed E-state index contributed by atoms with van der Waals surface area (Å²) in [5.41, 5.74) is -0.994. The highest BCUT2D eigenvalue weighted by Crippen LogP contribution is 2.30. The van der Waals surface area contributed by atoms with Crippen molar-refractivity contribution in [3.63, 3.8) is 0 Å². The highest BCUT2D eigenvalue weighted by molar-refractivity contribution is 5.84. The first-order chi connectivity index (χ1) is 12.8. The van der Waals surface area contributed by atoms with Crippen LogP contribution in [0.15, 0.2) is 41.2 Å². The lowest BCUT2D eigenvalue weighted by Gasteiger charge is -2.03. The Bertz CT molecular complexity index is 1160. The fourth-order valence-electron chi connectivity index (χ4n) is 2.45. The predicted octanol–water partition coefficient (Wildman–Crippen LogP) is 3.10. The molecule has 0 atom stereocenters. The summed E-state index contributed by atoms with van der Waals surface area (Å²) in [6.45, 7) is 1.88. The van der Waals surface area contributed by atoms with Crippen LogP contribution in [0.4, 0.5) is 11.4 Å². The van der Waals surface area contributed by atoms with Gasteiger partial charge in [-0.1, -0.05) is 29.8 Å².